The van der Waals surface area contributed by atoms with E-state index in [1.165, 1.54) is 49.5 Å². The first kappa shape index (κ1) is 26.2. The van der Waals surface area contributed by atoms with Gasteiger partial charge in [-0.05, 0) is 39.8 Å². The second-order valence-electron chi connectivity index (χ2n) is 13.6. The fourth-order valence-corrected chi connectivity index (χ4v) is 8.11. The van der Waals surface area contributed by atoms with E-state index in [1.54, 1.807) is 0 Å². The monoisotopic (exact) mass is 582 g/mol. The molecule has 0 aliphatic carbocycles. The van der Waals surface area contributed by atoms with Gasteiger partial charge in [-0.2, -0.15) is 0 Å². The number of hydrogen-bond acceptors (Lipinski definition) is 2. The summed E-state index contributed by atoms with van der Waals surface area (Å²) in [4.78, 5) is 14.8. The maximum Gasteiger partial charge on any atom is 0.0733 e. The van der Waals surface area contributed by atoms with E-state index in [4.69, 9.17) is 9.98 Å². The van der Waals surface area contributed by atoms with Crippen LogP contribution in [0.3, 0.4) is 0 Å². The third kappa shape index (κ3) is 3.48. The van der Waals surface area contributed by atoms with Crippen LogP contribution in [0, 0.1) is 0 Å². The molecule has 4 aromatic carbocycles. The second kappa shape index (κ2) is 8.92. The maximum absolute atomic E-state index is 5.47. The Morgan fingerprint density at radius 3 is 1.67 bits per heavy atom. The Morgan fingerprint density at radius 1 is 0.533 bits per heavy atom. The summed E-state index contributed by atoms with van der Waals surface area (Å²) in [5.74, 6) is 0. The van der Waals surface area contributed by atoms with Crippen LogP contribution in [0.15, 0.2) is 107 Å². The molecular weight excluding hydrogens is 548 g/mol. The van der Waals surface area contributed by atoms with Gasteiger partial charge in [0.1, 0.15) is 0 Å². The van der Waals surface area contributed by atoms with Gasteiger partial charge in [0.05, 0.1) is 28.5 Å². The lowest BCUT2D eigenvalue weighted by molar-refractivity contribution is 0.650. The van der Waals surface area contributed by atoms with Crippen LogP contribution >= 0.6 is 0 Å². The van der Waals surface area contributed by atoms with Crippen molar-refractivity contribution in [1.82, 2.24) is 9.55 Å². The first-order chi connectivity index (χ1) is 21.7. The number of benzene rings is 4. The smallest absolute Gasteiger partial charge is 0.0733 e. The van der Waals surface area contributed by atoms with Gasteiger partial charge >= 0.3 is 0 Å². The van der Waals surface area contributed by atoms with Crippen molar-refractivity contribution < 1.29 is 0 Å². The molecule has 6 aromatic rings. The van der Waals surface area contributed by atoms with Crippen molar-refractivity contribution in [3.05, 3.63) is 142 Å². The zero-order valence-electron chi connectivity index (χ0n) is 26.2. The van der Waals surface area contributed by atoms with Gasteiger partial charge in [-0.25, -0.2) is 0 Å². The van der Waals surface area contributed by atoms with Crippen LogP contribution in [0.4, 0.5) is 0 Å². The predicted octanol–water partition coefficient (Wildman–Crippen LogP) is 9.53. The highest BCUT2D eigenvalue weighted by Crippen LogP contribution is 2.46. The molecule has 0 fully saturated rings. The summed E-state index contributed by atoms with van der Waals surface area (Å²) in [6, 6.07) is 34.9. The van der Waals surface area contributed by atoms with Crippen molar-refractivity contribution in [2.45, 2.75) is 38.5 Å². The Bertz CT molecular complexity index is 2380. The van der Waals surface area contributed by atoms with E-state index < -0.39 is 5.41 Å². The average Bonchev–Trinajstić information content (AvgIpc) is 3.79. The Kier molecular flexibility index (Phi) is 5.19. The number of nitrogens with zero attached hydrogens (tertiary/aromatic N) is 3. The summed E-state index contributed by atoms with van der Waals surface area (Å²) in [6.45, 7) is 9.23. The molecule has 45 heavy (non-hydrogen) atoms. The zero-order valence-corrected chi connectivity index (χ0v) is 26.2. The molecule has 4 heteroatoms. The number of hydrogen-bond donors (Lipinski definition) is 1. The number of H-pyrrole nitrogens is 1. The Morgan fingerprint density at radius 2 is 1.02 bits per heavy atom. The van der Waals surface area contributed by atoms with Gasteiger partial charge in [0.15, 0.2) is 0 Å². The molecule has 218 valence electrons. The molecule has 1 N–H and O–H groups in total. The standard InChI is InChI=1S/C41H34N4/c1-40(2)36-28-18-10-6-14-24(28)32(42-36)22-33-25-15-7-12-20-30(25)38(43-33)41(3,4)39-31-21-13-9-17-27(31)35(45(39)5)23-34-26-16-8-11-19-29(26)37(40)44-34/h6-23,42H,1-5H3. The molecule has 0 atom stereocenters. The van der Waals surface area contributed by atoms with Gasteiger partial charge in [0.2, 0.25) is 0 Å². The molecule has 9 rings (SSSR count). The number of fused-ring (bicyclic) bond motifs is 18. The van der Waals surface area contributed by atoms with Gasteiger partial charge in [-0.15, -0.1) is 0 Å². The quantitative estimate of drug-likeness (QED) is 0.185. The molecule has 0 saturated carbocycles. The molecule has 0 radical (unpaired) electrons. The minimum absolute atomic E-state index is 0.388. The zero-order chi connectivity index (χ0) is 30.7. The SMILES string of the molecule is Cn1c2c3ccccc3c1C(C)(C)C1=NC(=Cc3[nH]c(c4ccccc34)C(C)(C)C3=NC(=C2)c2ccccc23)c2ccccc21. The predicted molar refractivity (Wildman–Crippen MR) is 189 cm³/mol. The van der Waals surface area contributed by atoms with Gasteiger partial charge in [0, 0.05) is 78.8 Å². The number of rotatable bonds is 0. The van der Waals surface area contributed by atoms with Crippen molar-refractivity contribution >= 4 is 56.5 Å². The number of nitrogens with one attached hydrogen (secondary N) is 1. The van der Waals surface area contributed by atoms with Crippen molar-refractivity contribution in [3.63, 3.8) is 0 Å². The van der Waals surface area contributed by atoms with E-state index in [0.29, 0.717) is 0 Å². The lowest BCUT2D eigenvalue weighted by atomic mass is 9.79. The topological polar surface area (TPSA) is 45.4 Å². The van der Waals surface area contributed by atoms with Crippen LogP contribution < -0.4 is 0 Å². The average molecular weight is 583 g/mol. The summed E-state index contributed by atoms with van der Waals surface area (Å²) in [7, 11) is 2.20. The second-order valence-corrected chi connectivity index (χ2v) is 13.6. The summed E-state index contributed by atoms with van der Waals surface area (Å²) in [5, 5.41) is 4.87. The molecule has 4 nitrogen and oxygen atoms in total. The Balaban J connectivity index is 1.44. The molecule has 5 heterocycles. The normalized spacial score (nSPS) is 17.4. The summed E-state index contributed by atoms with van der Waals surface area (Å²) in [6.07, 6.45) is 4.55. The van der Waals surface area contributed by atoms with Crippen LogP contribution in [0.25, 0.3) is 45.1 Å². The van der Waals surface area contributed by atoms with E-state index >= 15 is 0 Å². The van der Waals surface area contributed by atoms with E-state index in [0.717, 1.165) is 39.9 Å². The number of aromatic nitrogens is 2. The van der Waals surface area contributed by atoms with Crippen LogP contribution in [-0.2, 0) is 17.9 Å². The van der Waals surface area contributed by atoms with Crippen molar-refractivity contribution in [2.75, 3.05) is 0 Å². The Labute approximate surface area is 263 Å². The van der Waals surface area contributed by atoms with Crippen molar-refractivity contribution in [1.29, 1.82) is 0 Å². The van der Waals surface area contributed by atoms with Crippen LogP contribution in [0.2, 0.25) is 0 Å². The summed E-state index contributed by atoms with van der Waals surface area (Å²) >= 11 is 0. The highest BCUT2D eigenvalue weighted by molar-refractivity contribution is 6.21. The largest absolute Gasteiger partial charge is 0.357 e. The number of aromatic amines is 1. The van der Waals surface area contributed by atoms with Gasteiger partial charge in [-0.1, -0.05) is 97.1 Å². The lowest BCUT2D eigenvalue weighted by Gasteiger charge is -2.27. The molecule has 8 bridgehead atoms. The Hall–Kier alpha value is -5.22. The van der Waals surface area contributed by atoms with E-state index in [1.807, 2.05) is 0 Å². The fourth-order valence-electron chi connectivity index (χ4n) is 8.11. The molecule has 0 amide bonds. The van der Waals surface area contributed by atoms with E-state index in [2.05, 4.69) is 154 Å². The minimum atomic E-state index is -0.398. The van der Waals surface area contributed by atoms with Crippen molar-refractivity contribution in [3.8, 4) is 0 Å². The fraction of sp³-hybridized carbons (Fsp3) is 0.171. The molecule has 0 spiro atoms. The lowest BCUT2D eigenvalue weighted by Crippen LogP contribution is -2.31. The summed E-state index contributed by atoms with van der Waals surface area (Å²) < 4.78 is 2.38. The maximum atomic E-state index is 5.47. The van der Waals surface area contributed by atoms with E-state index in [9.17, 15) is 0 Å². The molecule has 3 aliphatic heterocycles. The third-order valence-electron chi connectivity index (χ3n) is 10.2. The molecule has 0 saturated heterocycles. The third-order valence-corrected chi connectivity index (χ3v) is 10.2. The molecule has 2 aromatic heterocycles. The van der Waals surface area contributed by atoms with Gasteiger partial charge in [0.25, 0.3) is 0 Å². The van der Waals surface area contributed by atoms with Crippen molar-refractivity contribution in [2.24, 2.45) is 17.0 Å². The van der Waals surface area contributed by atoms with Crippen LogP contribution in [0.1, 0.15) is 72.7 Å². The van der Waals surface area contributed by atoms with E-state index in [-0.39, 0.29) is 5.41 Å². The highest BCUT2D eigenvalue weighted by Gasteiger charge is 2.40. The minimum Gasteiger partial charge on any atom is -0.357 e. The molecular formula is C41H34N4. The molecule has 3 aliphatic rings. The van der Waals surface area contributed by atoms with Gasteiger partial charge < -0.3 is 9.55 Å². The van der Waals surface area contributed by atoms with Crippen LogP contribution in [0.5, 0.6) is 0 Å². The first-order valence-electron chi connectivity index (χ1n) is 15.8. The highest BCUT2D eigenvalue weighted by atomic mass is 15.0. The molecule has 0 unspecified atom stereocenters. The first-order valence-corrected chi connectivity index (χ1v) is 15.8. The number of aliphatic imine (C=N–C) groups is 2. The summed E-state index contributed by atoms with van der Waals surface area (Å²) in [5.41, 5.74) is 12.7. The van der Waals surface area contributed by atoms with Gasteiger partial charge in [-0.3, -0.25) is 9.98 Å². The van der Waals surface area contributed by atoms with Crippen LogP contribution in [-0.4, -0.2) is 21.0 Å².